The lowest BCUT2D eigenvalue weighted by Gasteiger charge is -2.22. The summed E-state index contributed by atoms with van der Waals surface area (Å²) in [6.45, 7) is 5.27. The lowest BCUT2D eigenvalue weighted by atomic mass is 10.1. The highest BCUT2D eigenvalue weighted by molar-refractivity contribution is 5.81. The SMILES string of the molecule is COC(=O)C(Cc1cc(OC)c(OC)cc1[I+]c1ccc(OC)cc1)NC(=O)OC(C)(C)C. The number of ether oxygens (including phenoxy) is 5. The molecule has 0 radical (unpaired) electrons. The number of amides is 1. The maximum Gasteiger partial charge on any atom is 0.408 e. The molecule has 2 aromatic carbocycles. The van der Waals surface area contributed by atoms with E-state index in [1.165, 1.54) is 7.11 Å². The molecule has 1 unspecified atom stereocenters. The van der Waals surface area contributed by atoms with E-state index in [1.807, 2.05) is 36.4 Å². The summed E-state index contributed by atoms with van der Waals surface area (Å²) in [5.41, 5.74) is 0.154. The molecular weight excluding hydrogens is 541 g/mol. The van der Waals surface area contributed by atoms with E-state index in [-0.39, 0.29) is 6.42 Å². The van der Waals surface area contributed by atoms with Gasteiger partial charge in [-0.3, -0.25) is 0 Å². The van der Waals surface area contributed by atoms with E-state index in [0.717, 1.165) is 18.5 Å². The van der Waals surface area contributed by atoms with Crippen molar-refractivity contribution in [3.8, 4) is 17.2 Å². The Labute approximate surface area is 205 Å². The van der Waals surface area contributed by atoms with Crippen molar-refractivity contribution in [2.75, 3.05) is 28.4 Å². The molecule has 0 saturated carbocycles. The number of rotatable bonds is 9. The molecule has 0 aliphatic heterocycles. The Kier molecular flexibility index (Phi) is 9.63. The van der Waals surface area contributed by atoms with Gasteiger partial charge >= 0.3 is 33.3 Å². The number of alkyl carbamates (subject to hydrolysis) is 1. The fourth-order valence-electron chi connectivity index (χ4n) is 2.90. The highest BCUT2D eigenvalue weighted by atomic mass is 127. The van der Waals surface area contributed by atoms with Gasteiger partial charge in [-0.2, -0.15) is 0 Å². The van der Waals surface area contributed by atoms with Crippen LogP contribution in [0.25, 0.3) is 0 Å². The van der Waals surface area contributed by atoms with Crippen molar-refractivity contribution in [2.45, 2.75) is 38.8 Å². The van der Waals surface area contributed by atoms with E-state index in [9.17, 15) is 9.59 Å². The lowest BCUT2D eigenvalue weighted by Crippen LogP contribution is -3.61. The highest BCUT2D eigenvalue weighted by Gasteiger charge is 2.30. The van der Waals surface area contributed by atoms with Crippen molar-refractivity contribution in [3.63, 3.8) is 0 Å². The van der Waals surface area contributed by atoms with E-state index in [4.69, 9.17) is 23.7 Å². The zero-order chi connectivity index (χ0) is 24.6. The average Bonchev–Trinajstić information content (AvgIpc) is 2.77. The van der Waals surface area contributed by atoms with Crippen LogP contribution >= 0.6 is 0 Å². The van der Waals surface area contributed by atoms with Gasteiger partial charge < -0.3 is 29.0 Å². The van der Waals surface area contributed by atoms with Gasteiger partial charge in [0.1, 0.15) is 17.4 Å². The van der Waals surface area contributed by atoms with Crippen molar-refractivity contribution in [2.24, 2.45) is 0 Å². The third-order valence-electron chi connectivity index (χ3n) is 4.41. The quantitative estimate of drug-likeness (QED) is 0.345. The molecule has 0 aliphatic rings. The van der Waals surface area contributed by atoms with Crippen LogP contribution in [0.15, 0.2) is 36.4 Å². The average molecular weight is 572 g/mol. The maximum absolute atomic E-state index is 12.5. The molecule has 0 aromatic heterocycles. The maximum atomic E-state index is 12.5. The zero-order valence-corrected chi connectivity index (χ0v) is 22.1. The number of benzene rings is 2. The van der Waals surface area contributed by atoms with Crippen molar-refractivity contribution in [1.29, 1.82) is 0 Å². The Bertz CT molecular complexity index is 955. The lowest BCUT2D eigenvalue weighted by molar-refractivity contribution is -0.598. The van der Waals surface area contributed by atoms with Crippen molar-refractivity contribution in [3.05, 3.63) is 49.1 Å². The van der Waals surface area contributed by atoms with Gasteiger partial charge in [0.05, 0.1) is 28.4 Å². The predicted molar refractivity (Wildman–Crippen MR) is 119 cm³/mol. The molecule has 0 aliphatic carbocycles. The summed E-state index contributed by atoms with van der Waals surface area (Å²) in [5, 5.41) is 2.63. The second-order valence-corrected chi connectivity index (χ2v) is 10.9. The molecule has 2 rings (SSSR count). The molecule has 2 aromatic rings. The Morgan fingerprint density at radius 2 is 1.55 bits per heavy atom. The van der Waals surface area contributed by atoms with Gasteiger partial charge in [-0.15, -0.1) is 0 Å². The minimum absolute atomic E-state index is 0.206. The number of carbonyl (C=O) groups is 2. The van der Waals surface area contributed by atoms with Gasteiger partial charge in [-0.25, -0.2) is 9.59 Å². The summed E-state index contributed by atoms with van der Waals surface area (Å²) in [7, 11) is 6.04. The summed E-state index contributed by atoms with van der Waals surface area (Å²) in [5.74, 6) is 1.35. The van der Waals surface area contributed by atoms with Gasteiger partial charge in [0.25, 0.3) is 0 Å². The Hall–Kier alpha value is -2.69. The summed E-state index contributed by atoms with van der Waals surface area (Å²) in [6, 6.07) is 10.7. The molecule has 0 saturated heterocycles. The summed E-state index contributed by atoms with van der Waals surface area (Å²) in [6.07, 6.45) is -0.484. The first kappa shape index (κ1) is 26.6. The number of hydrogen-bond donors (Lipinski definition) is 1. The molecule has 33 heavy (non-hydrogen) atoms. The smallest absolute Gasteiger partial charge is 0.408 e. The standard InChI is InChI=1S/C24H30INO7/c1-24(2,3)33-23(28)26-19(22(27)32-7)12-15-13-20(30-5)21(31-6)14-18(15)25-16-8-10-17(29-4)11-9-16/h8-11,13-14,19H,12H2,1-7H3/p+1. The van der Waals surface area contributed by atoms with Crippen molar-refractivity contribution >= 4 is 12.1 Å². The molecule has 0 spiro atoms. The third-order valence-corrected chi connectivity index (χ3v) is 7.34. The normalized spacial score (nSPS) is 11.8. The molecule has 1 atom stereocenters. The highest BCUT2D eigenvalue weighted by Crippen LogP contribution is 2.28. The van der Waals surface area contributed by atoms with E-state index < -0.39 is 44.9 Å². The van der Waals surface area contributed by atoms with Gasteiger partial charge in [-0.05, 0) is 51.1 Å². The number of nitrogens with one attached hydrogen (secondary N) is 1. The third kappa shape index (κ3) is 7.99. The number of methoxy groups -OCH3 is 4. The Morgan fingerprint density at radius 1 is 0.939 bits per heavy atom. The van der Waals surface area contributed by atoms with Gasteiger partial charge in [0.15, 0.2) is 15.1 Å². The second-order valence-electron chi connectivity index (χ2n) is 7.98. The molecule has 8 nitrogen and oxygen atoms in total. The molecule has 9 heteroatoms. The number of hydrogen-bond acceptors (Lipinski definition) is 7. The fraction of sp³-hybridized carbons (Fsp3) is 0.417. The first-order valence-corrected chi connectivity index (χ1v) is 12.4. The van der Waals surface area contributed by atoms with Crippen LogP contribution in [0.5, 0.6) is 17.2 Å². The number of carbonyl (C=O) groups excluding carboxylic acids is 2. The van der Waals surface area contributed by atoms with E-state index in [0.29, 0.717) is 11.5 Å². The molecular formula is C24H31INO7+. The first-order valence-electron chi connectivity index (χ1n) is 10.2. The zero-order valence-electron chi connectivity index (χ0n) is 20.0. The Balaban J connectivity index is 2.40. The molecule has 0 heterocycles. The largest absolute Gasteiger partial charge is 0.497 e. The van der Waals surface area contributed by atoms with Crippen LogP contribution in [-0.2, 0) is 20.7 Å². The van der Waals surface area contributed by atoms with Gasteiger partial charge in [0, 0.05) is 18.1 Å². The van der Waals surface area contributed by atoms with Gasteiger partial charge in [-0.1, -0.05) is 0 Å². The molecule has 1 amide bonds. The van der Waals surface area contributed by atoms with Crippen LogP contribution in [0.1, 0.15) is 26.3 Å². The topological polar surface area (TPSA) is 92.3 Å². The number of halogens is 1. The molecule has 180 valence electrons. The van der Waals surface area contributed by atoms with Crippen LogP contribution in [0.2, 0.25) is 0 Å². The van der Waals surface area contributed by atoms with Crippen molar-refractivity contribution < 1.29 is 54.5 Å². The minimum Gasteiger partial charge on any atom is -0.497 e. The summed E-state index contributed by atoms with van der Waals surface area (Å²) < 4.78 is 28.6. The first-order chi connectivity index (χ1) is 15.6. The monoisotopic (exact) mass is 572 g/mol. The van der Waals surface area contributed by atoms with Crippen LogP contribution in [0, 0.1) is 7.14 Å². The summed E-state index contributed by atoms with van der Waals surface area (Å²) in [4.78, 5) is 24.8. The van der Waals surface area contributed by atoms with Crippen LogP contribution in [0.3, 0.4) is 0 Å². The Morgan fingerprint density at radius 3 is 2.06 bits per heavy atom. The molecule has 0 bridgehead atoms. The fourth-order valence-corrected chi connectivity index (χ4v) is 5.45. The second kappa shape index (κ2) is 12.0. The van der Waals surface area contributed by atoms with E-state index in [1.54, 1.807) is 42.1 Å². The minimum atomic E-state index is -0.929. The molecule has 1 N–H and O–H groups in total. The predicted octanol–water partition coefficient (Wildman–Crippen LogP) is 0.450. The number of esters is 1. The van der Waals surface area contributed by atoms with Crippen molar-refractivity contribution in [1.82, 2.24) is 5.32 Å². The summed E-state index contributed by atoms with van der Waals surface area (Å²) >= 11 is -0.639. The van der Waals surface area contributed by atoms with Crippen LogP contribution in [0.4, 0.5) is 4.79 Å². The van der Waals surface area contributed by atoms with E-state index >= 15 is 0 Å². The van der Waals surface area contributed by atoms with Gasteiger partial charge in [0.2, 0.25) is 3.57 Å². The van der Waals surface area contributed by atoms with E-state index in [2.05, 4.69) is 5.32 Å². The van der Waals surface area contributed by atoms with Crippen LogP contribution in [-0.4, -0.2) is 52.1 Å². The molecule has 0 fully saturated rings. The van der Waals surface area contributed by atoms with Crippen LogP contribution < -0.4 is 40.7 Å².